The summed E-state index contributed by atoms with van der Waals surface area (Å²) in [7, 11) is 0. The monoisotopic (exact) mass is 683 g/mol. The molecule has 10 heteroatoms. The number of hydrogen-bond acceptors (Lipinski definition) is 8. The van der Waals surface area contributed by atoms with Crippen molar-refractivity contribution in [3.63, 3.8) is 0 Å². The minimum atomic E-state index is -0.899. The van der Waals surface area contributed by atoms with E-state index in [0.29, 0.717) is 33.6 Å². The van der Waals surface area contributed by atoms with Gasteiger partial charge in [0.1, 0.15) is 18.1 Å². The molecule has 4 aromatic carbocycles. The molecule has 1 aromatic heterocycles. The lowest BCUT2D eigenvalue weighted by atomic mass is 9.95. The quantitative estimate of drug-likeness (QED) is 0.0552. The molecule has 0 aliphatic carbocycles. The van der Waals surface area contributed by atoms with Gasteiger partial charge in [-0.3, -0.25) is 14.5 Å². The maximum absolute atomic E-state index is 13.6. The highest BCUT2D eigenvalue weighted by atomic mass is 79.9. The SMILES string of the molecule is Cc1ccccc1COc1ccc(C(O)=C2C(=O)C(=O)N(c3nnc(SCc4ccccc4)s3)C2c2cccc(Br)c2)cc1. The Hall–Kier alpha value is -4.25. The molecule has 1 N–H and O–H groups in total. The van der Waals surface area contributed by atoms with Gasteiger partial charge in [-0.1, -0.05) is 106 Å². The molecule has 1 aliphatic rings. The van der Waals surface area contributed by atoms with Gasteiger partial charge in [0, 0.05) is 15.8 Å². The van der Waals surface area contributed by atoms with Gasteiger partial charge in [-0.05, 0) is 65.6 Å². The van der Waals surface area contributed by atoms with Gasteiger partial charge >= 0.3 is 5.91 Å². The first-order valence-electron chi connectivity index (χ1n) is 13.7. The molecule has 0 radical (unpaired) electrons. The van der Waals surface area contributed by atoms with Crippen LogP contribution in [-0.4, -0.2) is 27.0 Å². The van der Waals surface area contributed by atoms with Crippen LogP contribution in [0.15, 0.2) is 118 Å². The number of nitrogens with zero attached hydrogens (tertiary/aromatic N) is 3. The Morgan fingerprint density at radius 3 is 2.45 bits per heavy atom. The summed E-state index contributed by atoms with van der Waals surface area (Å²) >= 11 is 6.24. The Balaban J connectivity index is 1.31. The number of rotatable bonds is 9. The molecule has 0 saturated carbocycles. The fourth-order valence-corrected chi connectivity index (χ4v) is 7.14. The van der Waals surface area contributed by atoms with Crippen molar-refractivity contribution in [3.05, 3.63) is 141 Å². The number of thioether (sulfide) groups is 1. The number of carbonyl (C=O) groups excluding carboxylic acids is 2. The number of aromatic nitrogens is 2. The van der Waals surface area contributed by atoms with Crippen LogP contribution in [0.1, 0.15) is 33.9 Å². The first-order valence-corrected chi connectivity index (χ1v) is 16.3. The number of Topliss-reactive ketones (excluding diaryl/α,β-unsaturated/α-hetero) is 1. The highest BCUT2D eigenvalue weighted by Crippen LogP contribution is 2.44. The Morgan fingerprint density at radius 1 is 0.955 bits per heavy atom. The summed E-state index contributed by atoms with van der Waals surface area (Å²) < 4.78 is 7.39. The van der Waals surface area contributed by atoms with Crippen molar-refractivity contribution in [3.8, 4) is 5.75 Å². The summed E-state index contributed by atoms with van der Waals surface area (Å²) in [5.41, 5.74) is 4.36. The Labute approximate surface area is 271 Å². The molecular weight excluding hydrogens is 658 g/mol. The molecule has 1 aliphatic heterocycles. The molecule has 220 valence electrons. The normalized spacial score (nSPS) is 16.0. The van der Waals surface area contributed by atoms with E-state index < -0.39 is 17.7 Å². The largest absolute Gasteiger partial charge is 0.507 e. The van der Waals surface area contributed by atoms with E-state index in [0.717, 1.165) is 21.2 Å². The summed E-state index contributed by atoms with van der Waals surface area (Å²) in [6, 6.07) is 31.2. The molecule has 0 spiro atoms. The standard InChI is InChI=1S/C34H26BrN3O4S2/c1-21-8-5-6-11-25(21)19-42-27-16-14-23(15-17-27)30(39)28-29(24-12-7-13-26(35)18-24)38(32(41)31(28)40)33-36-37-34(44-33)43-20-22-9-3-2-4-10-22/h2-18,29,39H,19-20H2,1H3. The topological polar surface area (TPSA) is 92.6 Å². The van der Waals surface area contributed by atoms with Crippen molar-refractivity contribution in [1.82, 2.24) is 10.2 Å². The van der Waals surface area contributed by atoms with Gasteiger partial charge in [-0.15, -0.1) is 10.2 Å². The van der Waals surface area contributed by atoms with E-state index in [1.54, 1.807) is 24.3 Å². The van der Waals surface area contributed by atoms with E-state index in [-0.39, 0.29) is 16.5 Å². The van der Waals surface area contributed by atoms with Crippen molar-refractivity contribution < 1.29 is 19.4 Å². The number of anilines is 1. The predicted octanol–water partition coefficient (Wildman–Crippen LogP) is 8.11. The minimum Gasteiger partial charge on any atom is -0.507 e. The molecule has 1 unspecified atom stereocenters. The zero-order chi connectivity index (χ0) is 30.6. The fourth-order valence-electron chi connectivity index (χ4n) is 4.90. The van der Waals surface area contributed by atoms with Crippen LogP contribution >= 0.6 is 39.0 Å². The van der Waals surface area contributed by atoms with Gasteiger partial charge in [-0.25, -0.2) is 0 Å². The van der Waals surface area contributed by atoms with E-state index in [9.17, 15) is 14.7 Å². The molecule has 7 nitrogen and oxygen atoms in total. The number of halogens is 1. The highest BCUT2D eigenvalue weighted by molar-refractivity contribution is 9.10. The number of carbonyl (C=O) groups is 2. The lowest BCUT2D eigenvalue weighted by Crippen LogP contribution is -2.29. The number of amides is 1. The molecule has 1 atom stereocenters. The van der Waals surface area contributed by atoms with E-state index in [1.807, 2.05) is 85.8 Å². The van der Waals surface area contributed by atoms with Gasteiger partial charge in [0.25, 0.3) is 5.78 Å². The van der Waals surface area contributed by atoms with E-state index in [2.05, 4.69) is 26.1 Å². The van der Waals surface area contributed by atoms with Crippen LogP contribution < -0.4 is 9.64 Å². The molecule has 0 bridgehead atoms. The van der Waals surface area contributed by atoms with Gasteiger partial charge in [-0.2, -0.15) is 0 Å². The summed E-state index contributed by atoms with van der Waals surface area (Å²) in [6.07, 6.45) is 0. The highest BCUT2D eigenvalue weighted by Gasteiger charge is 2.48. The zero-order valence-corrected chi connectivity index (χ0v) is 26.7. The molecular formula is C34H26BrN3O4S2. The van der Waals surface area contributed by atoms with E-state index in [1.165, 1.54) is 28.0 Å². The number of benzene rings is 4. The summed E-state index contributed by atoms with van der Waals surface area (Å²) in [5.74, 6) is -0.534. The second-order valence-corrected chi connectivity index (χ2v) is 13.2. The third-order valence-electron chi connectivity index (χ3n) is 7.20. The molecule has 44 heavy (non-hydrogen) atoms. The van der Waals surface area contributed by atoms with Gasteiger partial charge < -0.3 is 9.84 Å². The molecule has 2 heterocycles. The maximum atomic E-state index is 13.6. The fraction of sp³-hybridized carbons (Fsp3) is 0.118. The van der Waals surface area contributed by atoms with Crippen LogP contribution in [0.3, 0.4) is 0 Å². The number of aliphatic hydroxyl groups excluding tert-OH is 1. The summed E-state index contributed by atoms with van der Waals surface area (Å²) in [5, 5.41) is 20.4. The molecule has 5 aromatic rings. The second kappa shape index (κ2) is 13.2. The predicted molar refractivity (Wildman–Crippen MR) is 177 cm³/mol. The number of aliphatic hydroxyl groups is 1. The third-order valence-corrected chi connectivity index (χ3v) is 9.82. The molecule has 6 rings (SSSR count). The maximum Gasteiger partial charge on any atom is 0.301 e. The lowest BCUT2D eigenvalue weighted by molar-refractivity contribution is -0.132. The van der Waals surface area contributed by atoms with Crippen LogP contribution in [0.4, 0.5) is 5.13 Å². The second-order valence-electron chi connectivity index (χ2n) is 10.1. The Bertz CT molecular complexity index is 1860. The lowest BCUT2D eigenvalue weighted by Gasteiger charge is -2.22. The van der Waals surface area contributed by atoms with Crippen molar-refractivity contribution in [2.75, 3.05) is 4.90 Å². The van der Waals surface area contributed by atoms with Crippen molar-refractivity contribution in [1.29, 1.82) is 0 Å². The average molecular weight is 685 g/mol. The minimum absolute atomic E-state index is 0.0182. The number of hydrogen-bond donors (Lipinski definition) is 1. The van der Waals surface area contributed by atoms with Crippen molar-refractivity contribution >= 4 is 61.6 Å². The van der Waals surface area contributed by atoms with Crippen molar-refractivity contribution in [2.24, 2.45) is 0 Å². The zero-order valence-electron chi connectivity index (χ0n) is 23.5. The van der Waals surface area contributed by atoms with Gasteiger partial charge in [0.05, 0.1) is 11.6 Å². The Kier molecular flexibility index (Phi) is 8.92. The Morgan fingerprint density at radius 2 is 1.70 bits per heavy atom. The average Bonchev–Trinajstić information content (AvgIpc) is 3.61. The van der Waals surface area contributed by atoms with Crippen LogP contribution in [0.5, 0.6) is 5.75 Å². The van der Waals surface area contributed by atoms with E-state index >= 15 is 0 Å². The first-order chi connectivity index (χ1) is 21.4. The van der Waals surface area contributed by atoms with E-state index in [4.69, 9.17) is 4.74 Å². The number of ketones is 1. The molecule has 1 fully saturated rings. The van der Waals surface area contributed by atoms with Crippen molar-refractivity contribution in [2.45, 2.75) is 29.7 Å². The third kappa shape index (κ3) is 6.33. The summed E-state index contributed by atoms with van der Waals surface area (Å²) in [4.78, 5) is 28.4. The van der Waals surface area contributed by atoms with Gasteiger partial charge in [0.15, 0.2) is 4.34 Å². The molecule has 1 saturated heterocycles. The van der Waals surface area contributed by atoms with Crippen LogP contribution in [0, 0.1) is 6.92 Å². The number of aryl methyl sites for hydroxylation is 1. The van der Waals surface area contributed by atoms with Gasteiger partial charge in [0.2, 0.25) is 5.13 Å². The summed E-state index contributed by atoms with van der Waals surface area (Å²) in [6.45, 7) is 2.43. The number of ether oxygens (including phenoxy) is 1. The first kappa shape index (κ1) is 29.8. The van der Waals surface area contributed by atoms with Crippen LogP contribution in [-0.2, 0) is 21.9 Å². The van der Waals surface area contributed by atoms with Crippen LogP contribution in [0.2, 0.25) is 0 Å². The smallest absolute Gasteiger partial charge is 0.301 e. The van der Waals surface area contributed by atoms with Crippen LogP contribution in [0.25, 0.3) is 5.76 Å². The molecule has 1 amide bonds.